The summed E-state index contributed by atoms with van der Waals surface area (Å²) >= 11 is 0. The zero-order chi connectivity index (χ0) is 9.68. The minimum Gasteiger partial charge on any atom is -0.381 e. The summed E-state index contributed by atoms with van der Waals surface area (Å²) in [5.41, 5.74) is 1.40. The van der Waals surface area contributed by atoms with Gasteiger partial charge in [0.1, 0.15) is 6.67 Å². The molecule has 1 aliphatic carbocycles. The van der Waals surface area contributed by atoms with E-state index >= 15 is 0 Å². The summed E-state index contributed by atoms with van der Waals surface area (Å²) in [5, 5.41) is 3.19. The van der Waals surface area contributed by atoms with E-state index in [4.69, 9.17) is 0 Å². The Morgan fingerprint density at radius 2 is 2.38 bits per heavy atom. The smallest absolute Gasteiger partial charge is 0.102 e. The highest BCUT2D eigenvalue weighted by Crippen LogP contribution is 2.19. The monoisotopic (exact) mass is 186 g/mol. The highest BCUT2D eigenvalue weighted by molar-refractivity contribution is 5.05. The summed E-state index contributed by atoms with van der Waals surface area (Å²) in [6.07, 6.45) is 5.52. The maximum atomic E-state index is 11.9. The summed E-state index contributed by atoms with van der Waals surface area (Å²) in [7, 11) is 4.14. The van der Waals surface area contributed by atoms with Crippen LogP contribution >= 0.6 is 0 Å². The highest BCUT2D eigenvalue weighted by atomic mass is 19.1. The van der Waals surface area contributed by atoms with Crippen LogP contribution in [0.4, 0.5) is 4.39 Å². The van der Waals surface area contributed by atoms with Gasteiger partial charge in [-0.15, -0.1) is 0 Å². The molecule has 13 heavy (non-hydrogen) atoms. The molecule has 0 aromatic rings. The van der Waals surface area contributed by atoms with E-state index in [1.54, 1.807) is 0 Å². The van der Waals surface area contributed by atoms with Gasteiger partial charge in [0.25, 0.3) is 0 Å². The van der Waals surface area contributed by atoms with Crippen LogP contribution in [0.2, 0.25) is 0 Å². The third kappa shape index (κ3) is 3.35. The largest absolute Gasteiger partial charge is 0.381 e. The normalized spacial score (nSPS) is 22.7. The molecule has 1 aliphatic rings. The number of halogens is 1. The highest BCUT2D eigenvalue weighted by Gasteiger charge is 2.14. The zero-order valence-corrected chi connectivity index (χ0v) is 8.52. The van der Waals surface area contributed by atoms with Crippen LogP contribution < -0.4 is 5.32 Å². The Balaban J connectivity index is 2.29. The number of alkyl halides is 1. The molecule has 2 nitrogen and oxygen atoms in total. The summed E-state index contributed by atoms with van der Waals surface area (Å²) < 4.78 is 11.9. The van der Waals surface area contributed by atoms with E-state index in [0.717, 1.165) is 19.3 Å². The maximum Gasteiger partial charge on any atom is 0.102 e. The van der Waals surface area contributed by atoms with Gasteiger partial charge >= 0.3 is 0 Å². The Hall–Kier alpha value is -0.570. The Labute approximate surface area is 79.8 Å². The molecule has 0 unspecified atom stereocenters. The van der Waals surface area contributed by atoms with E-state index in [1.807, 2.05) is 0 Å². The van der Waals surface area contributed by atoms with Crippen LogP contribution in [0.5, 0.6) is 0 Å². The fourth-order valence-electron chi connectivity index (χ4n) is 1.67. The molecule has 3 heteroatoms. The lowest BCUT2D eigenvalue weighted by molar-refractivity contribution is 0.383. The predicted octanol–water partition coefficient (Wildman–Crippen LogP) is 1.54. The molecule has 0 aliphatic heterocycles. The average Bonchev–Trinajstić information content (AvgIpc) is 2.15. The SMILES string of the molecule is CN(C)C1=CC[C@@H](NCCF)CC1. The molecule has 0 aromatic heterocycles. The first-order chi connectivity index (χ1) is 6.24. The van der Waals surface area contributed by atoms with Crippen LogP contribution in [0.15, 0.2) is 11.8 Å². The third-order valence-corrected chi connectivity index (χ3v) is 2.49. The van der Waals surface area contributed by atoms with Crippen LogP contribution in [0.1, 0.15) is 19.3 Å². The van der Waals surface area contributed by atoms with Gasteiger partial charge in [-0.3, -0.25) is 0 Å². The summed E-state index contributed by atoms with van der Waals surface area (Å²) in [5.74, 6) is 0. The van der Waals surface area contributed by atoms with Gasteiger partial charge in [-0.05, 0) is 19.3 Å². The first-order valence-corrected chi connectivity index (χ1v) is 4.89. The van der Waals surface area contributed by atoms with Crippen molar-refractivity contribution in [3.8, 4) is 0 Å². The lowest BCUT2D eigenvalue weighted by Gasteiger charge is -2.26. The molecule has 0 radical (unpaired) electrons. The Morgan fingerprint density at radius 3 is 2.85 bits per heavy atom. The molecule has 0 heterocycles. The fourth-order valence-corrected chi connectivity index (χ4v) is 1.67. The standard InChI is InChI=1S/C10H19FN2/c1-13(2)10-5-3-9(4-6-10)12-8-7-11/h5,9,12H,3-4,6-8H2,1-2H3/t9-/m1/s1. The van der Waals surface area contributed by atoms with E-state index in [-0.39, 0.29) is 6.67 Å². The van der Waals surface area contributed by atoms with Crippen LogP contribution in [-0.2, 0) is 0 Å². The third-order valence-electron chi connectivity index (χ3n) is 2.49. The van der Waals surface area contributed by atoms with E-state index in [9.17, 15) is 4.39 Å². The van der Waals surface area contributed by atoms with Crippen molar-refractivity contribution in [2.45, 2.75) is 25.3 Å². The van der Waals surface area contributed by atoms with E-state index in [1.165, 1.54) is 5.70 Å². The summed E-state index contributed by atoms with van der Waals surface area (Å²) in [6.45, 7) is 0.233. The zero-order valence-electron chi connectivity index (χ0n) is 8.52. The van der Waals surface area contributed by atoms with Crippen molar-refractivity contribution in [3.63, 3.8) is 0 Å². The lowest BCUT2D eigenvalue weighted by Crippen LogP contribution is -2.33. The van der Waals surface area contributed by atoms with Gasteiger partial charge in [0, 0.05) is 32.4 Å². The Kier molecular flexibility index (Phi) is 4.22. The van der Waals surface area contributed by atoms with Crippen LogP contribution in [-0.4, -0.2) is 38.3 Å². The number of allylic oxidation sites excluding steroid dienone is 1. The second-order valence-corrected chi connectivity index (χ2v) is 3.70. The molecule has 0 amide bonds. The molecule has 1 atom stereocenters. The first-order valence-electron chi connectivity index (χ1n) is 4.89. The average molecular weight is 186 g/mol. The van der Waals surface area contributed by atoms with Crippen molar-refractivity contribution in [3.05, 3.63) is 11.8 Å². The van der Waals surface area contributed by atoms with Crippen molar-refractivity contribution in [2.75, 3.05) is 27.3 Å². The molecule has 0 bridgehead atoms. The molecule has 0 saturated heterocycles. The molecular formula is C10H19FN2. The predicted molar refractivity (Wildman–Crippen MR) is 53.4 cm³/mol. The number of nitrogens with one attached hydrogen (secondary N) is 1. The fraction of sp³-hybridized carbons (Fsp3) is 0.800. The molecule has 76 valence electrons. The van der Waals surface area contributed by atoms with Gasteiger partial charge in [-0.1, -0.05) is 6.08 Å². The molecular weight excluding hydrogens is 167 g/mol. The second kappa shape index (κ2) is 5.22. The molecule has 1 N–H and O–H groups in total. The lowest BCUT2D eigenvalue weighted by atomic mass is 9.99. The number of hydrogen-bond acceptors (Lipinski definition) is 2. The summed E-state index contributed by atoms with van der Waals surface area (Å²) in [6, 6.07) is 0.486. The molecule has 0 fully saturated rings. The van der Waals surface area contributed by atoms with Crippen molar-refractivity contribution in [1.82, 2.24) is 10.2 Å². The Morgan fingerprint density at radius 1 is 1.62 bits per heavy atom. The molecule has 1 rings (SSSR count). The van der Waals surface area contributed by atoms with Gasteiger partial charge in [-0.25, -0.2) is 4.39 Å². The minimum absolute atomic E-state index is 0.263. The van der Waals surface area contributed by atoms with Crippen molar-refractivity contribution in [2.24, 2.45) is 0 Å². The number of rotatable bonds is 4. The van der Waals surface area contributed by atoms with Gasteiger partial charge in [-0.2, -0.15) is 0 Å². The van der Waals surface area contributed by atoms with Gasteiger partial charge in [0.15, 0.2) is 0 Å². The van der Waals surface area contributed by atoms with E-state index < -0.39 is 0 Å². The molecule has 0 spiro atoms. The van der Waals surface area contributed by atoms with Crippen molar-refractivity contribution in [1.29, 1.82) is 0 Å². The van der Waals surface area contributed by atoms with E-state index in [2.05, 4.69) is 30.4 Å². The Bertz CT molecular complexity index is 178. The van der Waals surface area contributed by atoms with Crippen LogP contribution in [0.3, 0.4) is 0 Å². The number of nitrogens with zero attached hydrogens (tertiary/aromatic N) is 1. The van der Waals surface area contributed by atoms with Crippen LogP contribution in [0.25, 0.3) is 0 Å². The van der Waals surface area contributed by atoms with E-state index in [0.29, 0.717) is 12.6 Å². The van der Waals surface area contributed by atoms with Gasteiger partial charge in [0.2, 0.25) is 0 Å². The second-order valence-electron chi connectivity index (χ2n) is 3.70. The maximum absolute atomic E-state index is 11.9. The summed E-state index contributed by atoms with van der Waals surface area (Å²) in [4.78, 5) is 2.16. The number of hydrogen-bond donors (Lipinski definition) is 1. The minimum atomic E-state index is -0.263. The van der Waals surface area contributed by atoms with Crippen molar-refractivity contribution >= 4 is 0 Å². The van der Waals surface area contributed by atoms with Crippen molar-refractivity contribution < 1.29 is 4.39 Å². The quantitative estimate of drug-likeness (QED) is 0.716. The van der Waals surface area contributed by atoms with Gasteiger partial charge in [0.05, 0.1) is 0 Å². The van der Waals surface area contributed by atoms with Gasteiger partial charge < -0.3 is 10.2 Å². The molecule has 0 aromatic carbocycles. The van der Waals surface area contributed by atoms with Crippen LogP contribution in [0, 0.1) is 0 Å². The molecule has 0 saturated carbocycles. The topological polar surface area (TPSA) is 15.3 Å². The first kappa shape index (κ1) is 10.5.